The highest BCUT2D eigenvalue weighted by atomic mass is 19.1. The first-order chi connectivity index (χ1) is 9.99. The van der Waals surface area contributed by atoms with Gasteiger partial charge in [-0.15, -0.1) is 0 Å². The van der Waals surface area contributed by atoms with Crippen molar-refractivity contribution in [2.45, 2.75) is 13.0 Å². The van der Waals surface area contributed by atoms with Gasteiger partial charge in [-0.3, -0.25) is 19.9 Å². The first-order valence-electron chi connectivity index (χ1n) is 6.14. The number of nitro groups is 1. The minimum Gasteiger partial charge on any atom is -0.345 e. The quantitative estimate of drug-likeness (QED) is 0.692. The Labute approximate surface area is 119 Å². The van der Waals surface area contributed by atoms with Crippen molar-refractivity contribution in [1.29, 1.82) is 0 Å². The molecule has 108 valence electrons. The van der Waals surface area contributed by atoms with Gasteiger partial charge in [0.05, 0.1) is 11.0 Å². The molecule has 1 aromatic carbocycles. The summed E-state index contributed by atoms with van der Waals surface area (Å²) in [4.78, 5) is 26.2. The highest BCUT2D eigenvalue weighted by Crippen LogP contribution is 2.20. The summed E-state index contributed by atoms with van der Waals surface area (Å²) in [5, 5.41) is 13.5. The van der Waals surface area contributed by atoms with Gasteiger partial charge in [-0.25, -0.2) is 4.39 Å². The van der Waals surface area contributed by atoms with Crippen molar-refractivity contribution in [1.82, 2.24) is 10.3 Å². The van der Waals surface area contributed by atoms with E-state index in [1.807, 2.05) is 0 Å². The van der Waals surface area contributed by atoms with Gasteiger partial charge in [-0.1, -0.05) is 6.07 Å². The Bertz CT molecular complexity index is 676. The van der Waals surface area contributed by atoms with Gasteiger partial charge in [0.15, 0.2) is 0 Å². The summed E-state index contributed by atoms with van der Waals surface area (Å²) < 4.78 is 13.2. The summed E-state index contributed by atoms with van der Waals surface area (Å²) >= 11 is 0. The first-order valence-corrected chi connectivity index (χ1v) is 6.14. The highest BCUT2D eigenvalue weighted by Gasteiger charge is 2.22. The summed E-state index contributed by atoms with van der Waals surface area (Å²) in [5.74, 6) is -1.42. The van der Waals surface area contributed by atoms with Gasteiger partial charge in [0.25, 0.3) is 11.6 Å². The van der Waals surface area contributed by atoms with Gasteiger partial charge in [0.1, 0.15) is 11.4 Å². The number of carbonyl (C=O) groups is 1. The smallest absolute Gasteiger partial charge is 0.282 e. The zero-order chi connectivity index (χ0) is 15.4. The van der Waals surface area contributed by atoms with E-state index >= 15 is 0 Å². The molecule has 1 N–H and O–H groups in total. The van der Waals surface area contributed by atoms with Crippen LogP contribution in [0.5, 0.6) is 0 Å². The first kappa shape index (κ1) is 14.6. The summed E-state index contributed by atoms with van der Waals surface area (Å²) in [6, 6.07) is 5.83. The monoisotopic (exact) mass is 289 g/mol. The van der Waals surface area contributed by atoms with Crippen molar-refractivity contribution in [2.75, 3.05) is 0 Å². The second-order valence-corrected chi connectivity index (χ2v) is 4.40. The number of aromatic nitrogens is 1. The lowest BCUT2D eigenvalue weighted by Crippen LogP contribution is -2.27. The number of nitrogens with zero attached hydrogens (tertiary/aromatic N) is 2. The average Bonchev–Trinajstić information content (AvgIpc) is 2.47. The Kier molecular flexibility index (Phi) is 4.22. The molecule has 0 saturated heterocycles. The molecular formula is C14H12FN3O3. The molecule has 0 fully saturated rings. The third-order valence-electron chi connectivity index (χ3n) is 2.93. The minimum atomic E-state index is -0.719. The molecule has 0 saturated carbocycles. The largest absolute Gasteiger partial charge is 0.345 e. The number of benzene rings is 1. The lowest BCUT2D eigenvalue weighted by molar-refractivity contribution is -0.385. The number of amides is 1. The minimum absolute atomic E-state index is 0.309. The number of pyridine rings is 1. The van der Waals surface area contributed by atoms with Crippen LogP contribution in [0.4, 0.5) is 10.1 Å². The molecule has 7 heteroatoms. The van der Waals surface area contributed by atoms with Crippen LogP contribution in [0.25, 0.3) is 0 Å². The molecule has 1 heterocycles. The van der Waals surface area contributed by atoms with Crippen molar-refractivity contribution in [2.24, 2.45) is 0 Å². The fraction of sp³-hybridized carbons (Fsp3) is 0.143. The van der Waals surface area contributed by atoms with Gasteiger partial charge < -0.3 is 5.32 Å². The lowest BCUT2D eigenvalue weighted by atomic mass is 10.1. The van der Waals surface area contributed by atoms with Crippen molar-refractivity contribution in [3.8, 4) is 0 Å². The molecule has 2 rings (SSSR count). The molecule has 21 heavy (non-hydrogen) atoms. The Morgan fingerprint density at radius 2 is 2.19 bits per heavy atom. The van der Waals surface area contributed by atoms with E-state index in [2.05, 4.69) is 10.3 Å². The third kappa shape index (κ3) is 3.38. The molecule has 0 aliphatic carbocycles. The van der Waals surface area contributed by atoms with E-state index in [4.69, 9.17) is 0 Å². The number of hydrogen-bond donors (Lipinski definition) is 1. The molecule has 1 atom stereocenters. The van der Waals surface area contributed by atoms with Crippen LogP contribution in [0.15, 0.2) is 42.7 Å². The van der Waals surface area contributed by atoms with Crippen LogP contribution in [-0.2, 0) is 0 Å². The Hall–Kier alpha value is -2.83. The van der Waals surface area contributed by atoms with Gasteiger partial charge in [0.2, 0.25) is 0 Å². The predicted molar refractivity (Wildman–Crippen MR) is 73.2 cm³/mol. The average molecular weight is 289 g/mol. The fourth-order valence-electron chi connectivity index (χ4n) is 1.84. The second kappa shape index (κ2) is 6.08. The van der Waals surface area contributed by atoms with Crippen LogP contribution in [0, 0.1) is 15.9 Å². The number of rotatable bonds is 4. The van der Waals surface area contributed by atoms with Gasteiger partial charge in [0, 0.05) is 18.5 Å². The van der Waals surface area contributed by atoms with E-state index in [1.54, 1.807) is 31.5 Å². The van der Waals surface area contributed by atoms with E-state index in [0.29, 0.717) is 0 Å². The van der Waals surface area contributed by atoms with Crippen LogP contribution >= 0.6 is 0 Å². The van der Waals surface area contributed by atoms with E-state index in [1.165, 1.54) is 0 Å². The Morgan fingerprint density at radius 1 is 1.43 bits per heavy atom. The highest BCUT2D eigenvalue weighted by molar-refractivity contribution is 5.98. The number of carbonyl (C=O) groups excluding carboxylic acids is 1. The second-order valence-electron chi connectivity index (χ2n) is 4.40. The molecule has 0 spiro atoms. The summed E-state index contributed by atoms with van der Waals surface area (Å²) in [6.45, 7) is 1.71. The number of nitrogens with one attached hydrogen (secondary N) is 1. The van der Waals surface area contributed by atoms with Crippen LogP contribution in [0.1, 0.15) is 28.9 Å². The van der Waals surface area contributed by atoms with Crippen molar-refractivity contribution in [3.63, 3.8) is 0 Å². The summed E-state index contributed by atoms with van der Waals surface area (Å²) in [7, 11) is 0. The van der Waals surface area contributed by atoms with E-state index in [-0.39, 0.29) is 5.56 Å². The normalized spacial score (nSPS) is 11.7. The summed E-state index contributed by atoms with van der Waals surface area (Å²) in [5.41, 5.74) is -0.00654. The molecule has 0 radical (unpaired) electrons. The Balaban J connectivity index is 2.25. The van der Waals surface area contributed by atoms with Crippen LogP contribution in [0.2, 0.25) is 0 Å². The van der Waals surface area contributed by atoms with Gasteiger partial charge in [-0.05, 0) is 30.7 Å². The van der Waals surface area contributed by atoms with E-state index < -0.39 is 28.4 Å². The molecule has 6 nitrogen and oxygen atoms in total. The molecular weight excluding hydrogens is 277 g/mol. The molecule has 1 unspecified atom stereocenters. The predicted octanol–water partition coefficient (Wildman–Crippen LogP) is 2.62. The number of nitro benzene ring substituents is 1. The topological polar surface area (TPSA) is 85.1 Å². The summed E-state index contributed by atoms with van der Waals surface area (Å²) in [6.07, 6.45) is 3.17. The number of halogens is 1. The van der Waals surface area contributed by atoms with Gasteiger partial charge in [-0.2, -0.15) is 0 Å². The van der Waals surface area contributed by atoms with E-state index in [9.17, 15) is 19.3 Å². The van der Waals surface area contributed by atoms with Crippen LogP contribution in [-0.4, -0.2) is 15.8 Å². The molecule has 0 bridgehead atoms. The van der Waals surface area contributed by atoms with Crippen molar-refractivity contribution >= 4 is 11.6 Å². The maximum absolute atomic E-state index is 13.2. The van der Waals surface area contributed by atoms with Gasteiger partial charge >= 0.3 is 0 Å². The standard InChI is InChI=1S/C14H12FN3O3/c1-9(10-3-2-6-16-8-10)17-14(19)12-7-11(15)4-5-13(12)18(20)21/h2-9H,1H3,(H,17,19). The zero-order valence-electron chi connectivity index (χ0n) is 11.1. The third-order valence-corrected chi connectivity index (χ3v) is 2.93. The van der Waals surface area contributed by atoms with Crippen molar-refractivity contribution < 1.29 is 14.1 Å². The molecule has 0 aliphatic heterocycles. The van der Waals surface area contributed by atoms with Crippen molar-refractivity contribution in [3.05, 3.63) is 69.8 Å². The lowest BCUT2D eigenvalue weighted by Gasteiger charge is -2.13. The maximum atomic E-state index is 13.2. The molecule has 1 aromatic heterocycles. The number of hydrogen-bond acceptors (Lipinski definition) is 4. The maximum Gasteiger partial charge on any atom is 0.282 e. The SMILES string of the molecule is CC(NC(=O)c1cc(F)ccc1[N+](=O)[O-])c1cccnc1. The van der Waals surface area contributed by atoms with E-state index in [0.717, 1.165) is 23.8 Å². The molecule has 1 amide bonds. The molecule has 0 aliphatic rings. The van der Waals surface area contributed by atoms with Crippen LogP contribution in [0.3, 0.4) is 0 Å². The fourth-order valence-corrected chi connectivity index (χ4v) is 1.84. The zero-order valence-corrected chi connectivity index (χ0v) is 11.1. The van der Waals surface area contributed by atoms with Crippen LogP contribution < -0.4 is 5.32 Å². The molecule has 2 aromatic rings. The Morgan fingerprint density at radius 3 is 2.81 bits per heavy atom.